The van der Waals surface area contributed by atoms with Gasteiger partial charge in [0.05, 0.1) is 6.07 Å². The van der Waals surface area contributed by atoms with Gasteiger partial charge in [-0.3, -0.25) is 4.79 Å². The molecule has 1 rings (SSSR count). The van der Waals surface area contributed by atoms with Crippen LogP contribution in [0.5, 0.6) is 0 Å². The third-order valence-electron chi connectivity index (χ3n) is 2.62. The number of hydrogen-bond donors (Lipinski definition) is 0. The van der Waals surface area contributed by atoms with Gasteiger partial charge in [0.2, 0.25) is 0 Å². The van der Waals surface area contributed by atoms with Crippen LogP contribution >= 0.6 is 11.6 Å². The zero-order chi connectivity index (χ0) is 13.0. The quantitative estimate of drug-likeness (QED) is 0.774. The highest BCUT2D eigenvalue weighted by atomic mass is 35.5. The van der Waals surface area contributed by atoms with Gasteiger partial charge in [0.15, 0.2) is 0 Å². The smallest absolute Gasteiger partial charge is 0.255 e. The first-order chi connectivity index (χ1) is 7.99. The van der Waals surface area contributed by atoms with E-state index in [-0.39, 0.29) is 18.5 Å². The van der Waals surface area contributed by atoms with E-state index in [0.29, 0.717) is 10.6 Å². The minimum Gasteiger partial charge on any atom is -0.323 e. The zero-order valence-electron chi connectivity index (χ0n) is 10.2. The van der Waals surface area contributed by atoms with Crippen LogP contribution in [0.15, 0.2) is 18.2 Å². The van der Waals surface area contributed by atoms with Gasteiger partial charge in [-0.1, -0.05) is 17.7 Å². The lowest BCUT2D eigenvalue weighted by Crippen LogP contribution is -2.37. The summed E-state index contributed by atoms with van der Waals surface area (Å²) in [5.41, 5.74) is 1.31. The fourth-order valence-electron chi connectivity index (χ4n) is 1.56. The minimum atomic E-state index is -0.151. The Bertz CT molecular complexity index is 463. The molecular formula is C13H15ClN2O. The lowest BCUT2D eigenvalue weighted by molar-refractivity contribution is 0.0730. The van der Waals surface area contributed by atoms with Gasteiger partial charge in [0, 0.05) is 16.6 Å². The highest BCUT2D eigenvalue weighted by Crippen LogP contribution is 2.20. The number of carbonyl (C=O) groups excluding carboxylic acids is 1. The summed E-state index contributed by atoms with van der Waals surface area (Å²) in [7, 11) is 0. The standard InChI is InChI=1S/C13H15ClN2O/c1-9(2)16(8-7-15)13(17)11-5-4-6-12(14)10(11)3/h4-6,9H,8H2,1-3H3. The van der Waals surface area contributed by atoms with Crippen LogP contribution in [0.2, 0.25) is 5.02 Å². The second-order valence-corrected chi connectivity index (χ2v) is 4.50. The Labute approximate surface area is 107 Å². The number of carbonyl (C=O) groups is 1. The lowest BCUT2D eigenvalue weighted by Gasteiger charge is -2.24. The normalized spacial score (nSPS) is 10.1. The van der Waals surface area contributed by atoms with Crippen molar-refractivity contribution < 1.29 is 4.79 Å². The van der Waals surface area contributed by atoms with Crippen LogP contribution in [-0.2, 0) is 0 Å². The number of nitriles is 1. The molecule has 0 heterocycles. The van der Waals surface area contributed by atoms with Gasteiger partial charge in [0.1, 0.15) is 6.54 Å². The van der Waals surface area contributed by atoms with Crippen LogP contribution in [0.1, 0.15) is 29.8 Å². The van der Waals surface area contributed by atoms with Crippen LogP contribution in [0.4, 0.5) is 0 Å². The van der Waals surface area contributed by atoms with E-state index in [1.165, 1.54) is 4.90 Å². The first kappa shape index (κ1) is 13.5. The molecule has 90 valence electrons. The van der Waals surface area contributed by atoms with Crippen LogP contribution in [0, 0.1) is 18.3 Å². The molecule has 0 aliphatic heterocycles. The van der Waals surface area contributed by atoms with Gasteiger partial charge in [-0.25, -0.2) is 0 Å². The SMILES string of the molecule is Cc1c(Cl)cccc1C(=O)N(CC#N)C(C)C. The molecule has 0 saturated heterocycles. The molecule has 0 radical (unpaired) electrons. The summed E-state index contributed by atoms with van der Waals surface area (Å²) in [4.78, 5) is 13.8. The van der Waals surface area contributed by atoms with Crippen molar-refractivity contribution in [3.8, 4) is 6.07 Å². The molecule has 1 amide bonds. The molecule has 0 bridgehead atoms. The van der Waals surface area contributed by atoms with Gasteiger partial charge >= 0.3 is 0 Å². The van der Waals surface area contributed by atoms with Gasteiger partial charge in [-0.2, -0.15) is 5.26 Å². The Kier molecular flexibility index (Phi) is 4.53. The Balaban J connectivity index is 3.11. The van der Waals surface area contributed by atoms with Crippen molar-refractivity contribution in [1.82, 2.24) is 4.90 Å². The number of amides is 1. The van der Waals surface area contributed by atoms with Crippen molar-refractivity contribution in [2.75, 3.05) is 6.54 Å². The molecule has 0 spiro atoms. The molecule has 1 aromatic rings. The van der Waals surface area contributed by atoms with E-state index in [9.17, 15) is 4.79 Å². The van der Waals surface area contributed by atoms with E-state index in [2.05, 4.69) is 0 Å². The van der Waals surface area contributed by atoms with E-state index in [1.807, 2.05) is 19.9 Å². The Morgan fingerprint density at radius 1 is 1.53 bits per heavy atom. The predicted molar refractivity (Wildman–Crippen MR) is 68.0 cm³/mol. The van der Waals surface area contributed by atoms with Crippen molar-refractivity contribution in [3.63, 3.8) is 0 Å². The molecule has 4 heteroatoms. The molecule has 0 aromatic heterocycles. The topological polar surface area (TPSA) is 44.1 Å². The Morgan fingerprint density at radius 2 is 2.18 bits per heavy atom. The summed E-state index contributed by atoms with van der Waals surface area (Å²) in [6.45, 7) is 5.66. The van der Waals surface area contributed by atoms with E-state index >= 15 is 0 Å². The van der Waals surface area contributed by atoms with Crippen molar-refractivity contribution in [2.24, 2.45) is 0 Å². The highest BCUT2D eigenvalue weighted by molar-refractivity contribution is 6.31. The minimum absolute atomic E-state index is 0.0134. The highest BCUT2D eigenvalue weighted by Gasteiger charge is 2.20. The van der Waals surface area contributed by atoms with E-state index in [0.717, 1.165) is 5.56 Å². The number of nitrogens with zero attached hydrogens (tertiary/aromatic N) is 2. The average Bonchev–Trinajstić information content (AvgIpc) is 2.28. The first-order valence-corrected chi connectivity index (χ1v) is 5.79. The largest absolute Gasteiger partial charge is 0.323 e. The molecule has 0 saturated carbocycles. The Morgan fingerprint density at radius 3 is 2.71 bits per heavy atom. The molecule has 0 fully saturated rings. The number of hydrogen-bond acceptors (Lipinski definition) is 2. The molecule has 0 unspecified atom stereocenters. The maximum Gasteiger partial charge on any atom is 0.255 e. The third-order valence-corrected chi connectivity index (χ3v) is 3.03. The molecule has 3 nitrogen and oxygen atoms in total. The zero-order valence-corrected chi connectivity index (χ0v) is 11.0. The van der Waals surface area contributed by atoms with Gasteiger partial charge in [0.25, 0.3) is 5.91 Å². The fourth-order valence-corrected chi connectivity index (χ4v) is 1.73. The van der Waals surface area contributed by atoms with Crippen molar-refractivity contribution >= 4 is 17.5 Å². The van der Waals surface area contributed by atoms with Crippen LogP contribution in [0.25, 0.3) is 0 Å². The Hall–Kier alpha value is -1.53. The van der Waals surface area contributed by atoms with Crippen LogP contribution < -0.4 is 0 Å². The van der Waals surface area contributed by atoms with Crippen molar-refractivity contribution in [2.45, 2.75) is 26.8 Å². The summed E-state index contributed by atoms with van der Waals surface area (Å²) in [6, 6.07) is 7.22. The molecule has 1 aromatic carbocycles. The van der Waals surface area contributed by atoms with E-state index in [4.69, 9.17) is 16.9 Å². The van der Waals surface area contributed by atoms with Crippen molar-refractivity contribution in [3.05, 3.63) is 34.3 Å². The summed E-state index contributed by atoms with van der Waals surface area (Å²) in [5.74, 6) is -0.151. The second-order valence-electron chi connectivity index (χ2n) is 4.10. The van der Waals surface area contributed by atoms with Crippen LogP contribution in [-0.4, -0.2) is 23.4 Å². The fraction of sp³-hybridized carbons (Fsp3) is 0.385. The monoisotopic (exact) mass is 250 g/mol. The molecule has 0 aliphatic rings. The molecular weight excluding hydrogens is 236 g/mol. The lowest BCUT2D eigenvalue weighted by atomic mass is 10.1. The third kappa shape index (κ3) is 2.98. The summed E-state index contributed by atoms with van der Waals surface area (Å²) in [5, 5.41) is 9.30. The summed E-state index contributed by atoms with van der Waals surface area (Å²) in [6.07, 6.45) is 0. The molecule has 17 heavy (non-hydrogen) atoms. The molecule has 0 N–H and O–H groups in total. The maximum atomic E-state index is 12.3. The maximum absolute atomic E-state index is 12.3. The number of rotatable bonds is 3. The predicted octanol–water partition coefficient (Wildman–Crippen LogP) is 3.02. The van der Waals surface area contributed by atoms with Gasteiger partial charge in [-0.05, 0) is 38.5 Å². The van der Waals surface area contributed by atoms with Gasteiger partial charge in [-0.15, -0.1) is 0 Å². The van der Waals surface area contributed by atoms with Crippen LogP contribution in [0.3, 0.4) is 0 Å². The first-order valence-electron chi connectivity index (χ1n) is 5.42. The molecule has 0 atom stereocenters. The molecule has 0 aliphatic carbocycles. The van der Waals surface area contributed by atoms with Gasteiger partial charge < -0.3 is 4.90 Å². The van der Waals surface area contributed by atoms with E-state index in [1.54, 1.807) is 25.1 Å². The summed E-state index contributed by atoms with van der Waals surface area (Å²) < 4.78 is 0. The number of halogens is 1. The average molecular weight is 251 g/mol. The summed E-state index contributed by atoms with van der Waals surface area (Å²) >= 11 is 5.98. The second kappa shape index (κ2) is 5.70. The number of benzene rings is 1. The van der Waals surface area contributed by atoms with E-state index < -0.39 is 0 Å². The van der Waals surface area contributed by atoms with Crippen molar-refractivity contribution in [1.29, 1.82) is 5.26 Å².